The van der Waals surface area contributed by atoms with Crippen molar-refractivity contribution in [2.45, 2.75) is 25.4 Å². The third-order valence-corrected chi connectivity index (χ3v) is 7.74. The molecule has 5 aromatic rings. The molecule has 1 saturated heterocycles. The molecule has 2 aromatic heterocycles. The first-order chi connectivity index (χ1) is 21.7. The topological polar surface area (TPSA) is 93.0 Å². The molecule has 1 N–H and O–H groups in total. The second kappa shape index (κ2) is 12.4. The van der Waals surface area contributed by atoms with Crippen molar-refractivity contribution in [3.8, 4) is 23.0 Å². The number of alkyl halides is 3. The fourth-order valence-electron chi connectivity index (χ4n) is 5.42. The minimum atomic E-state index is -4.69. The Hall–Kier alpha value is -5.26. The number of nitrogens with zero attached hydrogens (tertiary/aromatic N) is 5. The Morgan fingerprint density at radius 2 is 1.58 bits per heavy atom. The molecule has 3 heterocycles. The number of aromatic nitrogens is 3. The number of hydrogen-bond donors (Lipinski definition) is 1. The van der Waals surface area contributed by atoms with Gasteiger partial charge in [0, 0.05) is 43.8 Å². The summed E-state index contributed by atoms with van der Waals surface area (Å²) in [7, 11) is 1.76. The lowest BCUT2D eigenvalue weighted by Crippen LogP contribution is -2.60. The smallest absolute Gasteiger partial charge is 0.410 e. The number of anilines is 1. The lowest BCUT2D eigenvalue weighted by molar-refractivity contribution is -0.178. The number of carbonyl (C=O) groups is 1. The summed E-state index contributed by atoms with van der Waals surface area (Å²) in [4.78, 5) is 18.1. The van der Waals surface area contributed by atoms with E-state index in [1.807, 2.05) is 66.7 Å². The number of halogens is 3. The van der Waals surface area contributed by atoms with Crippen LogP contribution in [0.15, 0.2) is 91.0 Å². The maximum Gasteiger partial charge on any atom is 0.410 e. The molecule has 0 spiro atoms. The number of amides is 1. The number of rotatable bonds is 8. The van der Waals surface area contributed by atoms with Crippen molar-refractivity contribution in [2.24, 2.45) is 7.05 Å². The first-order valence-electron chi connectivity index (χ1n) is 14.3. The number of carboxylic acid groups (broad SMARTS) is 1. The van der Waals surface area contributed by atoms with Crippen LogP contribution in [0, 0.1) is 0 Å². The van der Waals surface area contributed by atoms with Gasteiger partial charge in [0.25, 0.3) is 0 Å². The molecule has 12 heteroatoms. The van der Waals surface area contributed by atoms with E-state index in [1.54, 1.807) is 40.9 Å². The molecule has 1 aliphatic heterocycles. The molecule has 6 rings (SSSR count). The fourth-order valence-corrected chi connectivity index (χ4v) is 5.42. The van der Waals surface area contributed by atoms with Crippen LogP contribution in [0.1, 0.15) is 11.1 Å². The number of fused-ring (bicyclic) bond motifs is 1. The molecule has 1 fully saturated rings. The quantitative estimate of drug-likeness (QED) is 0.212. The van der Waals surface area contributed by atoms with Crippen LogP contribution in [0.3, 0.4) is 0 Å². The summed E-state index contributed by atoms with van der Waals surface area (Å²) in [5, 5.41) is 14.8. The van der Waals surface area contributed by atoms with Gasteiger partial charge in [-0.25, -0.2) is 4.79 Å². The molecule has 232 valence electrons. The first-order valence-corrected chi connectivity index (χ1v) is 14.3. The monoisotopic (exact) mass is 617 g/mol. The maximum atomic E-state index is 13.7. The molecule has 1 aliphatic rings. The van der Waals surface area contributed by atoms with E-state index >= 15 is 0 Å². The van der Waals surface area contributed by atoms with Crippen molar-refractivity contribution in [2.75, 3.05) is 24.5 Å². The zero-order valence-electron chi connectivity index (χ0n) is 24.3. The highest BCUT2D eigenvalue weighted by Crippen LogP contribution is 2.37. The molecule has 1 amide bonds. The second-order valence-corrected chi connectivity index (χ2v) is 10.7. The molecule has 9 nitrogen and oxygen atoms in total. The van der Waals surface area contributed by atoms with Gasteiger partial charge in [0.2, 0.25) is 11.8 Å². The zero-order chi connectivity index (χ0) is 31.6. The van der Waals surface area contributed by atoms with Gasteiger partial charge in [-0.15, -0.1) is 0 Å². The van der Waals surface area contributed by atoms with Crippen molar-refractivity contribution >= 4 is 22.7 Å². The van der Waals surface area contributed by atoms with E-state index in [4.69, 9.17) is 14.6 Å². The summed E-state index contributed by atoms with van der Waals surface area (Å²) >= 11 is 0. The highest BCUT2D eigenvalue weighted by molar-refractivity contribution is 5.96. The Morgan fingerprint density at radius 3 is 2.22 bits per heavy atom. The number of piperazine rings is 1. The predicted octanol–water partition coefficient (Wildman–Crippen LogP) is 6.52. The highest BCUT2D eigenvalue weighted by atomic mass is 19.4. The predicted molar refractivity (Wildman–Crippen MR) is 162 cm³/mol. The van der Waals surface area contributed by atoms with Gasteiger partial charge in [0.05, 0.1) is 11.1 Å². The summed E-state index contributed by atoms with van der Waals surface area (Å²) < 4.78 is 55.1. The molecule has 0 bridgehead atoms. The van der Waals surface area contributed by atoms with Crippen LogP contribution >= 0.6 is 0 Å². The van der Waals surface area contributed by atoms with Crippen LogP contribution in [0.5, 0.6) is 11.8 Å². The SMILES string of the molecule is Cn1nc(-c2ccc(OCc3ccccc3)nc2OCc2ccccc2)c2ccc(N3CCN(C(=O)O)[C@H](C(F)(F)F)C3)cc21. The Morgan fingerprint density at radius 1 is 0.911 bits per heavy atom. The zero-order valence-corrected chi connectivity index (χ0v) is 24.3. The van der Waals surface area contributed by atoms with Crippen molar-refractivity contribution in [3.05, 3.63) is 102 Å². The molecule has 3 aromatic carbocycles. The second-order valence-electron chi connectivity index (χ2n) is 10.7. The Kier molecular flexibility index (Phi) is 8.20. The van der Waals surface area contributed by atoms with Gasteiger partial charge in [-0.05, 0) is 35.4 Å². The normalized spacial score (nSPS) is 15.3. The lowest BCUT2D eigenvalue weighted by atomic mass is 10.1. The third-order valence-electron chi connectivity index (χ3n) is 7.74. The van der Waals surface area contributed by atoms with E-state index in [2.05, 4.69) is 4.98 Å². The fraction of sp³-hybridized carbons (Fsp3) is 0.242. The van der Waals surface area contributed by atoms with Gasteiger partial charge in [-0.1, -0.05) is 60.7 Å². The van der Waals surface area contributed by atoms with E-state index in [-0.39, 0.29) is 19.7 Å². The van der Waals surface area contributed by atoms with Gasteiger partial charge < -0.3 is 19.5 Å². The van der Waals surface area contributed by atoms with E-state index in [1.165, 1.54) is 0 Å². The molecule has 1 atom stereocenters. The van der Waals surface area contributed by atoms with E-state index in [9.17, 15) is 23.1 Å². The van der Waals surface area contributed by atoms with Crippen LogP contribution in [0.4, 0.5) is 23.7 Å². The van der Waals surface area contributed by atoms with Crippen LogP contribution in [-0.4, -0.2) is 62.7 Å². The molecule has 0 aliphatic carbocycles. The Bertz CT molecular complexity index is 1800. The molecular weight excluding hydrogens is 587 g/mol. The number of benzene rings is 3. The third kappa shape index (κ3) is 6.49. The maximum absolute atomic E-state index is 13.7. The molecular formula is C33H30F3N5O4. The largest absolute Gasteiger partial charge is 0.473 e. The minimum Gasteiger partial charge on any atom is -0.473 e. The van der Waals surface area contributed by atoms with Crippen molar-refractivity contribution in [3.63, 3.8) is 0 Å². The van der Waals surface area contributed by atoms with E-state index < -0.39 is 24.9 Å². The average molecular weight is 618 g/mol. The Balaban J connectivity index is 1.31. The van der Waals surface area contributed by atoms with Crippen LogP contribution in [-0.2, 0) is 20.3 Å². The van der Waals surface area contributed by atoms with Gasteiger partial charge in [-0.3, -0.25) is 9.58 Å². The number of pyridine rings is 1. The van der Waals surface area contributed by atoms with Gasteiger partial charge in [-0.2, -0.15) is 23.3 Å². The van der Waals surface area contributed by atoms with Crippen LogP contribution in [0.25, 0.3) is 22.2 Å². The summed E-state index contributed by atoms with van der Waals surface area (Å²) in [6, 6.07) is 26.2. The van der Waals surface area contributed by atoms with Crippen molar-refractivity contribution in [1.82, 2.24) is 19.7 Å². The number of hydrogen-bond acceptors (Lipinski definition) is 6. The first kappa shape index (κ1) is 29.8. The van der Waals surface area contributed by atoms with E-state index in [0.717, 1.165) is 16.5 Å². The van der Waals surface area contributed by atoms with E-state index in [0.29, 0.717) is 45.7 Å². The Labute approximate surface area is 257 Å². The van der Waals surface area contributed by atoms with Crippen LogP contribution in [0.2, 0.25) is 0 Å². The van der Waals surface area contributed by atoms with Gasteiger partial charge in [0.1, 0.15) is 24.9 Å². The standard InChI is InChI=1S/C33H30F3N5O4/c1-39-27-18-24(40-16-17-41(32(42)43)28(19-40)33(34,35)36)12-13-25(27)30(38-39)26-14-15-29(44-20-22-8-4-2-5-9-22)37-31(26)45-21-23-10-6-3-7-11-23/h2-15,18,28H,16-17,19-21H2,1H3,(H,42,43)/t28-/m0/s1. The molecule has 0 unspecified atom stereocenters. The van der Waals surface area contributed by atoms with Crippen molar-refractivity contribution in [1.29, 1.82) is 0 Å². The highest BCUT2D eigenvalue weighted by Gasteiger charge is 2.48. The summed E-state index contributed by atoms with van der Waals surface area (Å²) in [5.74, 6) is 0.708. The van der Waals surface area contributed by atoms with Gasteiger partial charge >= 0.3 is 12.3 Å². The van der Waals surface area contributed by atoms with Crippen molar-refractivity contribution < 1.29 is 32.5 Å². The summed E-state index contributed by atoms with van der Waals surface area (Å²) in [5.41, 5.74) is 4.39. The molecule has 0 saturated carbocycles. The lowest BCUT2D eigenvalue weighted by Gasteiger charge is -2.41. The van der Waals surface area contributed by atoms with Gasteiger partial charge in [0.15, 0.2) is 0 Å². The molecule has 45 heavy (non-hydrogen) atoms. The van der Waals surface area contributed by atoms with Crippen LogP contribution < -0.4 is 14.4 Å². The summed E-state index contributed by atoms with van der Waals surface area (Å²) in [6.07, 6.45) is -6.28. The molecule has 0 radical (unpaired) electrons. The minimum absolute atomic E-state index is 0.126. The summed E-state index contributed by atoms with van der Waals surface area (Å²) in [6.45, 7) is -0.0451. The number of aryl methyl sites for hydroxylation is 1. The number of ether oxygens (including phenoxy) is 2. The average Bonchev–Trinajstić information content (AvgIpc) is 3.38.